The van der Waals surface area contributed by atoms with Crippen LogP contribution in [0, 0.1) is 6.92 Å². The number of fused-ring (bicyclic) bond motifs is 1. The van der Waals surface area contributed by atoms with Crippen molar-refractivity contribution >= 4 is 22.9 Å². The van der Waals surface area contributed by atoms with Gasteiger partial charge in [-0.2, -0.15) is 5.10 Å². The number of esters is 1. The highest BCUT2D eigenvalue weighted by atomic mass is 16.5. The molecule has 0 aliphatic rings. The number of nitrogens with one attached hydrogen (secondary N) is 1. The van der Waals surface area contributed by atoms with Gasteiger partial charge in [0.1, 0.15) is 0 Å². The SMILES string of the molecule is COc1ccc(CNC(=O)[C@H](C)OC(=O)c2cc(C)nc3c2cnn3C(C)C)cc1OC. The van der Waals surface area contributed by atoms with Gasteiger partial charge >= 0.3 is 5.97 Å². The zero-order valence-corrected chi connectivity index (χ0v) is 19.1. The van der Waals surface area contributed by atoms with Crippen LogP contribution in [0.2, 0.25) is 0 Å². The highest BCUT2D eigenvalue weighted by molar-refractivity contribution is 6.03. The molecular weight excluding hydrogens is 412 g/mol. The molecule has 0 aliphatic heterocycles. The second-order valence-corrected chi connectivity index (χ2v) is 7.69. The Bertz CT molecular complexity index is 1140. The summed E-state index contributed by atoms with van der Waals surface area (Å²) in [6.07, 6.45) is 0.617. The third-order valence-electron chi connectivity index (χ3n) is 4.97. The first-order valence-corrected chi connectivity index (χ1v) is 10.3. The van der Waals surface area contributed by atoms with Crippen LogP contribution >= 0.6 is 0 Å². The molecule has 0 fully saturated rings. The lowest BCUT2D eigenvalue weighted by atomic mass is 10.1. The molecule has 9 nitrogen and oxygen atoms in total. The van der Waals surface area contributed by atoms with E-state index in [1.807, 2.05) is 19.9 Å². The number of benzene rings is 1. The molecular formula is C23H28N4O5. The van der Waals surface area contributed by atoms with Gasteiger partial charge in [-0.1, -0.05) is 6.07 Å². The van der Waals surface area contributed by atoms with E-state index in [1.54, 1.807) is 50.2 Å². The average molecular weight is 441 g/mol. The molecule has 0 saturated heterocycles. The topological polar surface area (TPSA) is 105 Å². The maximum atomic E-state index is 12.8. The molecule has 0 bridgehead atoms. The van der Waals surface area contributed by atoms with Crippen molar-refractivity contribution in [1.82, 2.24) is 20.1 Å². The first-order valence-electron chi connectivity index (χ1n) is 10.3. The lowest BCUT2D eigenvalue weighted by Gasteiger charge is -2.15. The molecule has 2 aromatic heterocycles. The van der Waals surface area contributed by atoms with Gasteiger partial charge in [-0.15, -0.1) is 0 Å². The first kappa shape index (κ1) is 23.1. The minimum Gasteiger partial charge on any atom is -0.493 e. The van der Waals surface area contributed by atoms with Crippen molar-refractivity contribution in [2.75, 3.05) is 14.2 Å². The van der Waals surface area contributed by atoms with Gasteiger partial charge in [0.2, 0.25) is 0 Å². The molecule has 0 spiro atoms. The Balaban J connectivity index is 1.69. The fourth-order valence-corrected chi connectivity index (χ4v) is 3.29. The third kappa shape index (κ3) is 4.82. The van der Waals surface area contributed by atoms with Crippen molar-refractivity contribution in [1.29, 1.82) is 0 Å². The Morgan fingerprint density at radius 1 is 1.09 bits per heavy atom. The van der Waals surface area contributed by atoms with Gasteiger partial charge in [-0.05, 0) is 51.5 Å². The van der Waals surface area contributed by atoms with Crippen LogP contribution in [0.25, 0.3) is 11.0 Å². The minimum absolute atomic E-state index is 0.0898. The number of aromatic nitrogens is 3. The van der Waals surface area contributed by atoms with Crippen molar-refractivity contribution in [3.8, 4) is 11.5 Å². The molecule has 32 heavy (non-hydrogen) atoms. The summed E-state index contributed by atoms with van der Waals surface area (Å²) in [6.45, 7) is 7.55. The number of aryl methyl sites for hydroxylation is 1. The third-order valence-corrected chi connectivity index (χ3v) is 4.97. The zero-order chi connectivity index (χ0) is 23.4. The highest BCUT2D eigenvalue weighted by Crippen LogP contribution is 2.27. The van der Waals surface area contributed by atoms with E-state index >= 15 is 0 Å². The molecule has 1 aromatic carbocycles. The monoisotopic (exact) mass is 440 g/mol. The summed E-state index contributed by atoms with van der Waals surface area (Å²) in [5, 5.41) is 7.69. The maximum absolute atomic E-state index is 12.8. The normalized spacial score (nSPS) is 12.0. The molecule has 0 unspecified atom stereocenters. The van der Waals surface area contributed by atoms with Gasteiger partial charge in [0, 0.05) is 18.3 Å². The number of hydrogen-bond donors (Lipinski definition) is 1. The van der Waals surface area contributed by atoms with Gasteiger partial charge in [-0.3, -0.25) is 4.79 Å². The molecule has 1 atom stereocenters. The number of pyridine rings is 1. The Labute approximate surface area is 186 Å². The molecule has 0 radical (unpaired) electrons. The smallest absolute Gasteiger partial charge is 0.339 e. The van der Waals surface area contributed by atoms with E-state index in [1.165, 1.54) is 6.92 Å². The van der Waals surface area contributed by atoms with Crippen molar-refractivity contribution in [3.63, 3.8) is 0 Å². The molecule has 170 valence electrons. The van der Waals surface area contributed by atoms with E-state index in [2.05, 4.69) is 15.4 Å². The van der Waals surface area contributed by atoms with Crippen LogP contribution in [-0.2, 0) is 16.1 Å². The van der Waals surface area contributed by atoms with E-state index in [0.717, 1.165) is 5.56 Å². The minimum atomic E-state index is -0.980. The number of methoxy groups -OCH3 is 2. The molecule has 2 heterocycles. The van der Waals surface area contributed by atoms with E-state index in [-0.39, 0.29) is 12.6 Å². The van der Waals surface area contributed by atoms with E-state index < -0.39 is 18.0 Å². The quantitative estimate of drug-likeness (QED) is 0.536. The predicted octanol–water partition coefficient (Wildman–Crippen LogP) is 3.20. The van der Waals surface area contributed by atoms with E-state index in [9.17, 15) is 9.59 Å². The summed E-state index contributed by atoms with van der Waals surface area (Å²) in [6, 6.07) is 7.09. The summed E-state index contributed by atoms with van der Waals surface area (Å²) < 4.78 is 17.7. The van der Waals surface area contributed by atoms with Crippen LogP contribution in [0.3, 0.4) is 0 Å². The predicted molar refractivity (Wildman–Crippen MR) is 119 cm³/mol. The maximum Gasteiger partial charge on any atom is 0.339 e. The van der Waals surface area contributed by atoms with Gasteiger partial charge < -0.3 is 19.5 Å². The van der Waals surface area contributed by atoms with Crippen LogP contribution in [-0.4, -0.2) is 47.0 Å². The molecule has 3 rings (SSSR count). The molecule has 1 N–H and O–H groups in total. The number of carbonyl (C=O) groups excluding carboxylic acids is 2. The van der Waals surface area contributed by atoms with Gasteiger partial charge in [-0.25, -0.2) is 14.5 Å². The molecule has 0 aliphatic carbocycles. The van der Waals surface area contributed by atoms with Crippen LogP contribution in [0.5, 0.6) is 11.5 Å². The molecule has 9 heteroatoms. The van der Waals surface area contributed by atoms with Gasteiger partial charge in [0.25, 0.3) is 5.91 Å². The lowest BCUT2D eigenvalue weighted by Crippen LogP contribution is -2.35. The summed E-state index contributed by atoms with van der Waals surface area (Å²) >= 11 is 0. The number of nitrogens with zero attached hydrogens (tertiary/aromatic N) is 3. The summed E-state index contributed by atoms with van der Waals surface area (Å²) in [5.74, 6) is 0.160. The van der Waals surface area contributed by atoms with E-state index in [0.29, 0.717) is 33.8 Å². The fourth-order valence-electron chi connectivity index (χ4n) is 3.29. The van der Waals surface area contributed by atoms with Crippen molar-refractivity contribution in [3.05, 3.63) is 47.3 Å². The Morgan fingerprint density at radius 2 is 1.81 bits per heavy atom. The number of rotatable bonds is 8. The second-order valence-electron chi connectivity index (χ2n) is 7.69. The zero-order valence-electron chi connectivity index (χ0n) is 19.1. The van der Waals surface area contributed by atoms with Crippen molar-refractivity contribution in [2.24, 2.45) is 0 Å². The van der Waals surface area contributed by atoms with Crippen LogP contribution in [0.1, 0.15) is 48.4 Å². The standard InChI is InChI=1S/C23H28N4O5/c1-13(2)27-21-18(12-25-27)17(9-14(3)26-21)23(29)32-15(4)22(28)24-11-16-7-8-19(30-5)20(10-16)31-6/h7-10,12-13,15H,11H2,1-6H3,(H,24,28)/t15-/m0/s1. The Hall–Kier alpha value is -3.62. The second kappa shape index (κ2) is 9.67. The number of amides is 1. The summed E-state index contributed by atoms with van der Waals surface area (Å²) in [4.78, 5) is 29.8. The van der Waals surface area contributed by atoms with Crippen molar-refractivity contribution < 1.29 is 23.8 Å². The Kier molecular flexibility index (Phi) is 6.97. The summed E-state index contributed by atoms with van der Waals surface area (Å²) in [7, 11) is 3.10. The average Bonchev–Trinajstić information content (AvgIpc) is 3.20. The van der Waals surface area contributed by atoms with E-state index in [4.69, 9.17) is 14.2 Å². The fraction of sp³-hybridized carbons (Fsp3) is 0.391. The Morgan fingerprint density at radius 3 is 2.47 bits per heavy atom. The van der Waals surface area contributed by atoms with Gasteiger partial charge in [0.15, 0.2) is 23.3 Å². The molecule has 3 aromatic rings. The van der Waals surface area contributed by atoms with Crippen LogP contribution in [0.15, 0.2) is 30.5 Å². The number of ether oxygens (including phenoxy) is 3. The largest absolute Gasteiger partial charge is 0.493 e. The molecule has 1 amide bonds. The van der Waals surface area contributed by atoms with Crippen molar-refractivity contribution in [2.45, 2.75) is 46.4 Å². The van der Waals surface area contributed by atoms with Crippen LogP contribution < -0.4 is 14.8 Å². The summed E-state index contributed by atoms with van der Waals surface area (Å²) in [5.41, 5.74) is 2.43. The van der Waals surface area contributed by atoms with Crippen LogP contribution in [0.4, 0.5) is 0 Å². The highest BCUT2D eigenvalue weighted by Gasteiger charge is 2.23. The van der Waals surface area contributed by atoms with Gasteiger partial charge in [0.05, 0.1) is 31.4 Å². The molecule has 0 saturated carbocycles. The first-order chi connectivity index (χ1) is 15.2. The number of carbonyl (C=O) groups is 2. The lowest BCUT2D eigenvalue weighted by molar-refractivity contribution is -0.129. The number of hydrogen-bond acceptors (Lipinski definition) is 7.